The maximum Gasteiger partial charge on any atom is 0.226 e. The molecule has 0 fully saturated rings. The average Bonchev–Trinajstić information content (AvgIpc) is 3.08. The minimum atomic E-state index is -0.241. The van der Waals surface area contributed by atoms with Crippen LogP contribution in [-0.2, 0) is 16.1 Å². The van der Waals surface area contributed by atoms with Gasteiger partial charge in [-0.3, -0.25) is 9.59 Å². The number of rotatable bonds is 7. The fourth-order valence-electron chi connectivity index (χ4n) is 1.46. The fraction of sp³-hybridized carbons (Fsp3) is 0.333. The number of aromatic nitrogens is 2. The summed E-state index contributed by atoms with van der Waals surface area (Å²) in [5, 5.41) is 13.3. The van der Waals surface area contributed by atoms with Gasteiger partial charge in [0.15, 0.2) is 5.78 Å². The summed E-state index contributed by atoms with van der Waals surface area (Å²) in [6, 6.07) is 3.57. The van der Waals surface area contributed by atoms with Gasteiger partial charge in [0.05, 0.1) is 4.88 Å². The largest absolute Gasteiger partial charge is 0.377 e. The first-order valence-electron chi connectivity index (χ1n) is 5.87. The second-order valence-electron chi connectivity index (χ2n) is 3.88. The Bertz CT molecular complexity index is 581. The van der Waals surface area contributed by atoms with Crippen molar-refractivity contribution >= 4 is 39.5 Å². The number of nitrogens with zero attached hydrogens (tertiary/aromatic N) is 2. The van der Waals surface area contributed by atoms with Crippen molar-refractivity contribution in [1.82, 2.24) is 10.2 Å². The molecule has 2 aromatic heterocycles. The maximum absolute atomic E-state index is 11.7. The van der Waals surface area contributed by atoms with E-state index in [1.807, 2.05) is 11.4 Å². The van der Waals surface area contributed by atoms with Gasteiger partial charge in [-0.05, 0) is 11.4 Å². The van der Waals surface area contributed by atoms with E-state index in [1.165, 1.54) is 22.7 Å². The average molecular weight is 311 g/mol. The van der Waals surface area contributed by atoms with Gasteiger partial charge < -0.3 is 10.1 Å². The lowest BCUT2D eigenvalue weighted by Gasteiger charge is -1.99. The lowest BCUT2D eigenvalue weighted by atomic mass is 10.2. The molecule has 2 heterocycles. The summed E-state index contributed by atoms with van der Waals surface area (Å²) >= 11 is 2.64. The molecule has 8 heteroatoms. The molecular formula is C12H13N3O3S2. The van der Waals surface area contributed by atoms with Gasteiger partial charge in [-0.25, -0.2) is 0 Å². The molecule has 0 saturated carbocycles. The van der Waals surface area contributed by atoms with Gasteiger partial charge in [-0.1, -0.05) is 17.4 Å². The summed E-state index contributed by atoms with van der Waals surface area (Å²) < 4.78 is 4.92. The van der Waals surface area contributed by atoms with Crippen LogP contribution in [0.4, 0.5) is 5.13 Å². The second-order valence-corrected chi connectivity index (χ2v) is 5.89. The number of carbonyl (C=O) groups excluding carboxylic acids is 2. The highest BCUT2D eigenvalue weighted by Gasteiger charge is 2.12. The minimum absolute atomic E-state index is 0.0208. The maximum atomic E-state index is 11.7. The third kappa shape index (κ3) is 4.19. The van der Waals surface area contributed by atoms with E-state index < -0.39 is 0 Å². The van der Waals surface area contributed by atoms with E-state index in [-0.39, 0.29) is 24.5 Å². The summed E-state index contributed by atoms with van der Waals surface area (Å²) in [5.41, 5.74) is 0. The van der Waals surface area contributed by atoms with Crippen LogP contribution in [-0.4, -0.2) is 29.0 Å². The van der Waals surface area contributed by atoms with Crippen molar-refractivity contribution in [1.29, 1.82) is 0 Å². The Kier molecular flexibility index (Phi) is 5.33. The van der Waals surface area contributed by atoms with Crippen molar-refractivity contribution in [2.45, 2.75) is 19.4 Å². The molecular weight excluding hydrogens is 298 g/mol. The Morgan fingerprint density at radius 1 is 1.35 bits per heavy atom. The van der Waals surface area contributed by atoms with Gasteiger partial charge in [0, 0.05) is 20.0 Å². The predicted octanol–water partition coefficient (Wildman–Crippen LogP) is 2.35. The van der Waals surface area contributed by atoms with Crippen LogP contribution in [0.25, 0.3) is 0 Å². The quantitative estimate of drug-likeness (QED) is 0.794. The number of ketones is 1. The normalized spacial score (nSPS) is 10.4. The van der Waals surface area contributed by atoms with Crippen LogP contribution in [0.3, 0.4) is 0 Å². The van der Waals surface area contributed by atoms with Crippen molar-refractivity contribution in [3.05, 3.63) is 27.4 Å². The van der Waals surface area contributed by atoms with Gasteiger partial charge in [0.25, 0.3) is 0 Å². The zero-order valence-corrected chi connectivity index (χ0v) is 12.4. The first kappa shape index (κ1) is 14.8. The molecule has 0 aliphatic carbocycles. The Labute approximate surface area is 123 Å². The highest BCUT2D eigenvalue weighted by molar-refractivity contribution is 7.15. The molecule has 0 radical (unpaired) electrons. The Balaban J connectivity index is 1.78. The molecule has 1 N–H and O–H groups in total. The number of hydrogen-bond donors (Lipinski definition) is 1. The van der Waals surface area contributed by atoms with Gasteiger partial charge >= 0.3 is 0 Å². The Morgan fingerprint density at radius 3 is 2.90 bits per heavy atom. The number of thiophene rings is 1. The van der Waals surface area contributed by atoms with Crippen LogP contribution in [0, 0.1) is 0 Å². The Morgan fingerprint density at radius 2 is 2.20 bits per heavy atom. The standard InChI is InChI=1S/C12H13N3O3S2/c1-18-7-11-14-15-12(20-11)13-10(17)5-4-8(16)9-3-2-6-19-9/h2-3,6H,4-5,7H2,1H3,(H,13,15,17). The number of amides is 1. The number of anilines is 1. The number of hydrogen-bond acceptors (Lipinski definition) is 7. The van der Waals surface area contributed by atoms with Crippen LogP contribution in [0.5, 0.6) is 0 Å². The molecule has 106 valence electrons. The zero-order chi connectivity index (χ0) is 14.4. The van der Waals surface area contributed by atoms with Crippen LogP contribution >= 0.6 is 22.7 Å². The summed E-state index contributed by atoms with van der Waals surface area (Å²) in [6.07, 6.45) is 0.325. The number of nitrogens with one attached hydrogen (secondary N) is 1. The molecule has 2 rings (SSSR count). The number of Topliss-reactive ketones (excluding diaryl/α,β-unsaturated/α-hetero) is 1. The molecule has 2 aromatic rings. The predicted molar refractivity (Wildman–Crippen MR) is 77.1 cm³/mol. The molecule has 0 saturated heterocycles. The number of carbonyl (C=O) groups is 2. The van der Waals surface area contributed by atoms with Gasteiger partial charge in [-0.2, -0.15) is 0 Å². The molecule has 0 atom stereocenters. The van der Waals surface area contributed by atoms with Gasteiger partial charge in [-0.15, -0.1) is 21.5 Å². The highest BCUT2D eigenvalue weighted by Crippen LogP contribution is 2.17. The second kappa shape index (κ2) is 7.22. The number of ether oxygens (including phenoxy) is 1. The third-order valence-electron chi connectivity index (χ3n) is 2.36. The highest BCUT2D eigenvalue weighted by atomic mass is 32.1. The van der Waals surface area contributed by atoms with Crippen LogP contribution < -0.4 is 5.32 Å². The summed E-state index contributed by atoms with van der Waals surface area (Å²) in [7, 11) is 1.57. The van der Waals surface area contributed by atoms with E-state index >= 15 is 0 Å². The van der Waals surface area contributed by atoms with Crippen molar-refractivity contribution in [3.8, 4) is 0 Å². The topological polar surface area (TPSA) is 81.2 Å². The van der Waals surface area contributed by atoms with E-state index in [4.69, 9.17) is 4.74 Å². The first-order chi connectivity index (χ1) is 9.69. The van der Waals surface area contributed by atoms with Crippen LogP contribution in [0.1, 0.15) is 27.5 Å². The van der Waals surface area contributed by atoms with Crippen molar-refractivity contribution in [2.75, 3.05) is 12.4 Å². The van der Waals surface area contributed by atoms with Crippen molar-refractivity contribution in [2.24, 2.45) is 0 Å². The fourth-order valence-corrected chi connectivity index (χ4v) is 2.88. The molecule has 0 aliphatic rings. The lowest BCUT2D eigenvalue weighted by Crippen LogP contribution is -2.13. The van der Waals surface area contributed by atoms with E-state index in [9.17, 15) is 9.59 Å². The molecule has 0 bridgehead atoms. The van der Waals surface area contributed by atoms with Crippen LogP contribution in [0.2, 0.25) is 0 Å². The summed E-state index contributed by atoms with van der Waals surface area (Å²) in [6.45, 7) is 0.365. The van der Waals surface area contributed by atoms with Crippen molar-refractivity contribution in [3.63, 3.8) is 0 Å². The van der Waals surface area contributed by atoms with E-state index in [0.29, 0.717) is 21.6 Å². The molecule has 0 aromatic carbocycles. The summed E-state index contributed by atoms with van der Waals surface area (Å²) in [4.78, 5) is 24.1. The summed E-state index contributed by atoms with van der Waals surface area (Å²) in [5.74, 6) is -0.262. The smallest absolute Gasteiger partial charge is 0.226 e. The molecule has 0 aliphatic heterocycles. The van der Waals surface area contributed by atoms with E-state index in [2.05, 4.69) is 15.5 Å². The zero-order valence-electron chi connectivity index (χ0n) is 10.8. The van der Waals surface area contributed by atoms with Crippen molar-refractivity contribution < 1.29 is 14.3 Å². The van der Waals surface area contributed by atoms with E-state index in [1.54, 1.807) is 13.2 Å². The van der Waals surface area contributed by atoms with Gasteiger partial charge in [0.1, 0.15) is 11.6 Å². The number of methoxy groups -OCH3 is 1. The molecule has 1 amide bonds. The van der Waals surface area contributed by atoms with E-state index in [0.717, 1.165) is 0 Å². The SMILES string of the molecule is COCc1nnc(NC(=O)CCC(=O)c2cccs2)s1. The Hall–Kier alpha value is -1.64. The van der Waals surface area contributed by atoms with Crippen LogP contribution in [0.15, 0.2) is 17.5 Å². The molecule has 0 spiro atoms. The first-order valence-corrected chi connectivity index (χ1v) is 7.56. The third-order valence-corrected chi connectivity index (χ3v) is 4.08. The monoisotopic (exact) mass is 311 g/mol. The minimum Gasteiger partial charge on any atom is -0.377 e. The molecule has 20 heavy (non-hydrogen) atoms. The lowest BCUT2D eigenvalue weighted by molar-refractivity contribution is -0.116. The van der Waals surface area contributed by atoms with Gasteiger partial charge in [0.2, 0.25) is 11.0 Å². The molecule has 0 unspecified atom stereocenters. The molecule has 6 nitrogen and oxygen atoms in total.